The third kappa shape index (κ3) is 7.10. The van der Waals surface area contributed by atoms with Crippen molar-refractivity contribution in [1.82, 2.24) is 15.5 Å². The Bertz CT molecular complexity index is 1040. The first-order valence-electron chi connectivity index (χ1n) is 12.1. The Balaban J connectivity index is 1.45. The number of carbonyl (C=O) groups is 3. The first-order chi connectivity index (χ1) is 17.5. The highest BCUT2D eigenvalue weighted by Crippen LogP contribution is 2.41. The molecule has 8 nitrogen and oxygen atoms in total. The number of rotatable bonds is 7. The minimum Gasteiger partial charge on any atom is -0.489 e. The molecule has 3 N–H and O–H groups in total. The number of para-hydroxylation sites is 1. The number of nitrogens with zero attached hydrogens (tertiary/aromatic N) is 1. The molecule has 3 amide bonds. The standard InChI is InChI=1S/C26H31N3O5S2/c30-23(27-19-11-13-29(14-12-19)26(32)33)24(31)28-22(25-35-15-6-16-36-25)20-9-4-5-10-21(20)34-17-18-7-2-1-3-8-18/h1-5,7-10,19,22,25H,6,11-17H2,(H,27,30)(H,28,31)(H,32,33). The molecule has 2 saturated heterocycles. The highest BCUT2D eigenvalue weighted by molar-refractivity contribution is 8.17. The quantitative estimate of drug-likeness (QED) is 0.467. The number of ether oxygens (including phenoxy) is 1. The maximum absolute atomic E-state index is 13.0. The second-order valence-electron chi connectivity index (χ2n) is 8.74. The fourth-order valence-corrected chi connectivity index (χ4v) is 7.31. The van der Waals surface area contributed by atoms with Crippen molar-refractivity contribution in [2.24, 2.45) is 0 Å². The second kappa shape index (κ2) is 12.9. The average molecular weight is 530 g/mol. The van der Waals surface area contributed by atoms with Gasteiger partial charge in [0.25, 0.3) is 0 Å². The lowest BCUT2D eigenvalue weighted by molar-refractivity contribution is -0.140. The molecule has 2 aliphatic rings. The lowest BCUT2D eigenvalue weighted by Crippen LogP contribution is -2.50. The summed E-state index contributed by atoms with van der Waals surface area (Å²) in [5.74, 6) is 1.28. The van der Waals surface area contributed by atoms with Crippen molar-refractivity contribution in [3.05, 3.63) is 65.7 Å². The molecule has 2 aliphatic heterocycles. The van der Waals surface area contributed by atoms with Gasteiger partial charge in [0, 0.05) is 24.7 Å². The summed E-state index contributed by atoms with van der Waals surface area (Å²) in [5.41, 5.74) is 1.89. The Morgan fingerprint density at radius 3 is 2.33 bits per heavy atom. The van der Waals surface area contributed by atoms with Gasteiger partial charge in [-0.3, -0.25) is 9.59 Å². The summed E-state index contributed by atoms with van der Waals surface area (Å²) in [4.78, 5) is 38.2. The minimum atomic E-state index is -0.962. The predicted octanol–water partition coefficient (Wildman–Crippen LogP) is 3.88. The van der Waals surface area contributed by atoms with Crippen LogP contribution in [-0.2, 0) is 16.2 Å². The molecule has 2 aromatic carbocycles. The van der Waals surface area contributed by atoms with E-state index in [4.69, 9.17) is 9.84 Å². The number of nitrogens with one attached hydrogen (secondary N) is 2. The summed E-state index contributed by atoms with van der Waals surface area (Å²) in [6.07, 6.45) is 1.11. The van der Waals surface area contributed by atoms with Crippen molar-refractivity contribution in [2.75, 3.05) is 24.6 Å². The maximum atomic E-state index is 13.0. The van der Waals surface area contributed by atoms with Crippen LogP contribution < -0.4 is 15.4 Å². The van der Waals surface area contributed by atoms with Crippen LogP contribution in [-0.4, -0.2) is 63.1 Å². The third-order valence-electron chi connectivity index (χ3n) is 6.21. The van der Waals surface area contributed by atoms with Crippen LogP contribution in [0.15, 0.2) is 54.6 Å². The van der Waals surface area contributed by atoms with Gasteiger partial charge in [0.05, 0.1) is 10.6 Å². The molecule has 0 saturated carbocycles. The molecule has 10 heteroatoms. The smallest absolute Gasteiger partial charge is 0.407 e. The van der Waals surface area contributed by atoms with Gasteiger partial charge in [0.2, 0.25) is 0 Å². The van der Waals surface area contributed by atoms with Gasteiger partial charge >= 0.3 is 17.9 Å². The fourth-order valence-electron chi connectivity index (χ4n) is 4.27. The summed E-state index contributed by atoms with van der Waals surface area (Å²) in [5, 5.41) is 14.9. The largest absolute Gasteiger partial charge is 0.489 e. The van der Waals surface area contributed by atoms with Gasteiger partial charge in [-0.25, -0.2) is 4.79 Å². The molecule has 2 fully saturated rings. The molecule has 1 atom stereocenters. The molecule has 0 aromatic heterocycles. The van der Waals surface area contributed by atoms with Crippen molar-refractivity contribution >= 4 is 41.4 Å². The van der Waals surface area contributed by atoms with E-state index in [1.807, 2.05) is 54.6 Å². The fraction of sp³-hybridized carbons (Fsp3) is 0.423. The van der Waals surface area contributed by atoms with Crippen LogP contribution in [0.3, 0.4) is 0 Å². The Hall–Kier alpha value is -2.85. The molecule has 0 aliphatic carbocycles. The van der Waals surface area contributed by atoms with Gasteiger partial charge in [-0.1, -0.05) is 48.5 Å². The number of benzene rings is 2. The summed E-state index contributed by atoms with van der Waals surface area (Å²) in [6.45, 7) is 1.08. The van der Waals surface area contributed by atoms with Gasteiger partial charge < -0.3 is 25.4 Å². The number of hydrogen-bond donors (Lipinski definition) is 3. The topological polar surface area (TPSA) is 108 Å². The van der Waals surface area contributed by atoms with Crippen LogP contribution in [0.1, 0.15) is 36.4 Å². The van der Waals surface area contributed by atoms with E-state index in [9.17, 15) is 14.4 Å². The molecule has 0 spiro atoms. The van der Waals surface area contributed by atoms with Gasteiger partial charge in [-0.2, -0.15) is 0 Å². The van der Waals surface area contributed by atoms with E-state index in [-0.39, 0.29) is 10.6 Å². The maximum Gasteiger partial charge on any atom is 0.407 e. The van der Waals surface area contributed by atoms with Gasteiger partial charge in [-0.05, 0) is 42.4 Å². The SMILES string of the molecule is O=C(NC1CCN(C(=O)O)CC1)C(=O)NC(c1ccccc1OCc1ccccc1)C1SCCCS1. The van der Waals surface area contributed by atoms with Crippen molar-refractivity contribution in [3.8, 4) is 5.75 Å². The molecule has 2 heterocycles. The first-order valence-corrected chi connectivity index (χ1v) is 14.2. The van der Waals surface area contributed by atoms with Crippen LogP contribution in [0.2, 0.25) is 0 Å². The molecule has 1 unspecified atom stereocenters. The van der Waals surface area contributed by atoms with Crippen molar-refractivity contribution in [2.45, 2.75) is 42.5 Å². The minimum absolute atomic E-state index is 0.0516. The zero-order chi connectivity index (χ0) is 25.3. The molecular weight excluding hydrogens is 498 g/mol. The van der Waals surface area contributed by atoms with Crippen LogP contribution in [0.25, 0.3) is 0 Å². The Kier molecular flexibility index (Phi) is 9.41. The Morgan fingerprint density at radius 2 is 1.64 bits per heavy atom. The molecule has 0 bridgehead atoms. The van der Waals surface area contributed by atoms with Crippen molar-refractivity contribution in [3.63, 3.8) is 0 Å². The zero-order valence-corrected chi connectivity index (χ0v) is 21.6. The zero-order valence-electron chi connectivity index (χ0n) is 19.9. The van der Waals surface area contributed by atoms with Crippen molar-refractivity contribution < 1.29 is 24.2 Å². The number of likely N-dealkylation sites (tertiary alicyclic amines) is 1. The van der Waals surface area contributed by atoms with Crippen molar-refractivity contribution in [1.29, 1.82) is 0 Å². The Labute approximate surface area is 219 Å². The second-order valence-corrected chi connectivity index (χ2v) is 11.5. The third-order valence-corrected chi connectivity index (χ3v) is 9.28. The van der Waals surface area contributed by atoms with Gasteiger partial charge in [0.15, 0.2) is 0 Å². The summed E-state index contributed by atoms with van der Waals surface area (Å²) in [6, 6.07) is 16.9. The van der Waals surface area contributed by atoms with E-state index in [1.165, 1.54) is 4.90 Å². The lowest BCUT2D eigenvalue weighted by atomic mass is 10.1. The van der Waals surface area contributed by atoms with Crippen LogP contribution >= 0.6 is 23.5 Å². The lowest BCUT2D eigenvalue weighted by Gasteiger charge is -2.32. The predicted molar refractivity (Wildman–Crippen MR) is 142 cm³/mol. The number of piperidine rings is 1. The molecular formula is C26H31N3O5S2. The Morgan fingerprint density at radius 1 is 0.972 bits per heavy atom. The first kappa shape index (κ1) is 26.2. The number of amides is 3. The van der Waals surface area contributed by atoms with Crippen LogP contribution in [0.4, 0.5) is 4.79 Å². The molecule has 36 heavy (non-hydrogen) atoms. The van der Waals surface area contributed by atoms with E-state index in [0.717, 1.165) is 29.1 Å². The number of carboxylic acid groups (broad SMARTS) is 1. The van der Waals surface area contributed by atoms with Gasteiger partial charge in [-0.15, -0.1) is 23.5 Å². The number of carbonyl (C=O) groups excluding carboxylic acids is 2. The molecule has 2 aromatic rings. The number of hydrogen-bond acceptors (Lipinski definition) is 6. The molecule has 192 valence electrons. The van der Waals surface area contributed by atoms with E-state index in [2.05, 4.69) is 10.6 Å². The van der Waals surface area contributed by atoms with E-state index >= 15 is 0 Å². The van der Waals surface area contributed by atoms with Crippen LogP contribution in [0.5, 0.6) is 5.75 Å². The van der Waals surface area contributed by atoms with E-state index in [0.29, 0.717) is 38.3 Å². The van der Waals surface area contributed by atoms with Crippen LogP contribution in [0, 0.1) is 0 Å². The molecule has 4 rings (SSSR count). The highest BCUT2D eigenvalue weighted by atomic mass is 32.2. The average Bonchev–Trinajstić information content (AvgIpc) is 2.92. The van der Waals surface area contributed by atoms with E-state index in [1.54, 1.807) is 23.5 Å². The van der Waals surface area contributed by atoms with Gasteiger partial charge in [0.1, 0.15) is 12.4 Å². The number of thioether (sulfide) groups is 2. The molecule has 0 radical (unpaired) electrons. The monoisotopic (exact) mass is 529 g/mol. The summed E-state index contributed by atoms with van der Waals surface area (Å²) in [7, 11) is 0. The highest BCUT2D eigenvalue weighted by Gasteiger charge is 2.32. The normalized spacial score (nSPS) is 17.7. The summed E-state index contributed by atoms with van der Waals surface area (Å²) < 4.78 is 6.22. The summed E-state index contributed by atoms with van der Waals surface area (Å²) >= 11 is 3.56. The van der Waals surface area contributed by atoms with E-state index < -0.39 is 23.9 Å².